The van der Waals surface area contributed by atoms with E-state index in [0.29, 0.717) is 10.8 Å². The Morgan fingerprint density at radius 2 is 1.74 bits per heavy atom. The first kappa shape index (κ1) is 22.5. The minimum absolute atomic E-state index is 0.0941. The quantitative estimate of drug-likeness (QED) is 0.528. The molecule has 0 aliphatic heterocycles. The highest BCUT2D eigenvalue weighted by Crippen LogP contribution is 2.30. The van der Waals surface area contributed by atoms with Gasteiger partial charge in [-0.1, -0.05) is 11.3 Å². The summed E-state index contributed by atoms with van der Waals surface area (Å²) < 4.78 is 38.5. The zero-order chi connectivity index (χ0) is 22.6. The van der Waals surface area contributed by atoms with Gasteiger partial charge in [-0.3, -0.25) is 9.52 Å². The number of methoxy groups -OCH3 is 2. The summed E-state index contributed by atoms with van der Waals surface area (Å²) in [6.07, 6.45) is 0. The highest BCUT2D eigenvalue weighted by molar-refractivity contribution is 7.93. The van der Waals surface area contributed by atoms with Crippen molar-refractivity contribution in [2.24, 2.45) is 0 Å². The van der Waals surface area contributed by atoms with Gasteiger partial charge in [0.05, 0.1) is 24.7 Å². The maximum absolute atomic E-state index is 12.9. The molecule has 1 aromatic heterocycles. The van der Waals surface area contributed by atoms with Gasteiger partial charge in [0, 0.05) is 11.6 Å². The van der Waals surface area contributed by atoms with Gasteiger partial charge in [-0.15, -0.1) is 10.2 Å². The van der Waals surface area contributed by atoms with Gasteiger partial charge in [-0.05, 0) is 56.3 Å². The number of sulfonamides is 1. The second-order valence-electron chi connectivity index (χ2n) is 6.74. The van der Waals surface area contributed by atoms with E-state index in [4.69, 9.17) is 9.47 Å². The average Bonchev–Trinajstić information content (AvgIpc) is 3.20. The molecule has 11 heteroatoms. The first-order valence-electron chi connectivity index (χ1n) is 9.23. The molecule has 0 atom stereocenters. The number of rotatable bonds is 8. The van der Waals surface area contributed by atoms with Gasteiger partial charge >= 0.3 is 0 Å². The van der Waals surface area contributed by atoms with E-state index in [1.54, 1.807) is 31.4 Å². The Balaban J connectivity index is 1.85. The van der Waals surface area contributed by atoms with Crippen molar-refractivity contribution in [3.05, 3.63) is 48.0 Å². The van der Waals surface area contributed by atoms with E-state index in [0.717, 1.165) is 16.9 Å². The Kier molecular flexibility index (Phi) is 6.76. The van der Waals surface area contributed by atoms with Crippen molar-refractivity contribution >= 4 is 32.4 Å². The maximum Gasteiger partial charge on any atom is 0.263 e. The lowest BCUT2D eigenvalue weighted by atomic mass is 10.2. The van der Waals surface area contributed by atoms with Gasteiger partial charge in [0.2, 0.25) is 5.13 Å². The number of nitrogens with zero attached hydrogens (tertiary/aromatic N) is 2. The van der Waals surface area contributed by atoms with Crippen LogP contribution in [-0.4, -0.2) is 44.8 Å². The zero-order valence-corrected chi connectivity index (χ0v) is 19.0. The monoisotopic (exact) mass is 462 g/mol. The molecule has 31 heavy (non-hydrogen) atoms. The molecule has 9 nitrogen and oxygen atoms in total. The van der Waals surface area contributed by atoms with E-state index < -0.39 is 15.9 Å². The third-order valence-electron chi connectivity index (χ3n) is 4.13. The first-order chi connectivity index (χ1) is 14.7. The maximum atomic E-state index is 12.9. The van der Waals surface area contributed by atoms with Crippen molar-refractivity contribution in [3.63, 3.8) is 0 Å². The van der Waals surface area contributed by atoms with Crippen LogP contribution in [0.4, 0.5) is 5.13 Å². The van der Waals surface area contributed by atoms with Crippen molar-refractivity contribution in [1.29, 1.82) is 0 Å². The van der Waals surface area contributed by atoms with Crippen LogP contribution in [-0.2, 0) is 10.0 Å². The molecule has 0 bridgehead atoms. The lowest BCUT2D eigenvalue weighted by Gasteiger charge is -2.13. The second-order valence-corrected chi connectivity index (χ2v) is 9.40. The Labute approximate surface area is 184 Å². The van der Waals surface area contributed by atoms with Crippen LogP contribution in [0.25, 0.3) is 10.6 Å². The van der Waals surface area contributed by atoms with Crippen LogP contribution in [0.2, 0.25) is 0 Å². The Morgan fingerprint density at radius 1 is 1.03 bits per heavy atom. The van der Waals surface area contributed by atoms with Crippen molar-refractivity contribution in [2.45, 2.75) is 24.8 Å². The molecule has 0 saturated heterocycles. The van der Waals surface area contributed by atoms with Crippen molar-refractivity contribution < 1.29 is 22.7 Å². The topological polar surface area (TPSA) is 120 Å². The van der Waals surface area contributed by atoms with E-state index in [1.807, 2.05) is 13.8 Å². The number of carbonyl (C=O) groups is 1. The summed E-state index contributed by atoms with van der Waals surface area (Å²) in [6, 6.07) is 11.1. The lowest BCUT2D eigenvalue weighted by Crippen LogP contribution is -2.30. The number of hydrogen-bond acceptors (Lipinski definition) is 8. The lowest BCUT2D eigenvalue weighted by molar-refractivity contribution is 0.0940. The Bertz CT molecular complexity index is 1170. The summed E-state index contributed by atoms with van der Waals surface area (Å²) in [5, 5.41) is 11.3. The van der Waals surface area contributed by atoms with Gasteiger partial charge < -0.3 is 14.8 Å². The zero-order valence-electron chi connectivity index (χ0n) is 17.4. The van der Waals surface area contributed by atoms with Gasteiger partial charge in [-0.2, -0.15) is 0 Å². The molecule has 1 amide bonds. The van der Waals surface area contributed by atoms with Gasteiger partial charge in [0.15, 0.2) is 0 Å². The minimum Gasteiger partial charge on any atom is -0.497 e. The van der Waals surface area contributed by atoms with Crippen LogP contribution in [0.3, 0.4) is 0 Å². The molecular weight excluding hydrogens is 440 g/mol. The minimum atomic E-state index is -4.00. The van der Waals surface area contributed by atoms with Crippen LogP contribution in [0.5, 0.6) is 11.5 Å². The average molecular weight is 463 g/mol. The first-order valence-corrected chi connectivity index (χ1v) is 11.5. The number of ether oxygens (including phenoxy) is 2. The molecule has 0 aliphatic rings. The molecule has 164 valence electrons. The number of hydrogen-bond donors (Lipinski definition) is 2. The third-order valence-corrected chi connectivity index (χ3v) is 6.48. The fourth-order valence-corrected chi connectivity index (χ4v) is 4.67. The van der Waals surface area contributed by atoms with Gasteiger partial charge in [0.1, 0.15) is 16.5 Å². The molecular formula is C20H22N4O5S2. The third kappa shape index (κ3) is 5.30. The van der Waals surface area contributed by atoms with Crippen molar-refractivity contribution in [1.82, 2.24) is 15.5 Å². The highest BCUT2D eigenvalue weighted by Gasteiger charge is 2.22. The Hall–Kier alpha value is -3.18. The molecule has 2 aromatic carbocycles. The molecule has 1 heterocycles. The highest BCUT2D eigenvalue weighted by atomic mass is 32.2. The van der Waals surface area contributed by atoms with Crippen molar-refractivity contribution in [2.75, 3.05) is 18.9 Å². The summed E-state index contributed by atoms with van der Waals surface area (Å²) in [7, 11) is -1.01. The normalized spacial score (nSPS) is 11.3. The molecule has 0 unspecified atom stereocenters. The summed E-state index contributed by atoms with van der Waals surface area (Å²) in [5.74, 6) is 0.544. The molecule has 0 saturated carbocycles. The summed E-state index contributed by atoms with van der Waals surface area (Å²) >= 11 is 1.09. The van der Waals surface area contributed by atoms with Crippen LogP contribution >= 0.6 is 11.3 Å². The predicted octanol–water partition coefficient (Wildman–Crippen LogP) is 3.16. The largest absolute Gasteiger partial charge is 0.497 e. The fourth-order valence-electron chi connectivity index (χ4n) is 2.66. The summed E-state index contributed by atoms with van der Waals surface area (Å²) in [4.78, 5) is 12.3. The van der Waals surface area contributed by atoms with Gasteiger partial charge in [0.25, 0.3) is 15.9 Å². The predicted molar refractivity (Wildman–Crippen MR) is 118 cm³/mol. The van der Waals surface area contributed by atoms with Gasteiger partial charge in [-0.25, -0.2) is 8.42 Å². The number of benzene rings is 2. The molecule has 3 rings (SSSR count). The number of aromatic nitrogens is 2. The van der Waals surface area contributed by atoms with E-state index >= 15 is 0 Å². The van der Waals surface area contributed by atoms with Crippen LogP contribution in [0.1, 0.15) is 24.2 Å². The van der Waals surface area contributed by atoms with E-state index in [2.05, 4.69) is 20.2 Å². The number of amides is 1. The molecule has 3 aromatic rings. The van der Waals surface area contributed by atoms with E-state index in [-0.39, 0.29) is 27.4 Å². The summed E-state index contributed by atoms with van der Waals surface area (Å²) in [6.45, 7) is 3.62. The van der Waals surface area contributed by atoms with E-state index in [1.165, 1.54) is 25.3 Å². The molecule has 2 N–H and O–H groups in total. The molecule has 0 aliphatic carbocycles. The number of anilines is 1. The molecule has 0 spiro atoms. The van der Waals surface area contributed by atoms with Crippen LogP contribution < -0.4 is 19.5 Å². The second kappa shape index (κ2) is 9.31. The van der Waals surface area contributed by atoms with Crippen molar-refractivity contribution in [3.8, 4) is 22.1 Å². The Morgan fingerprint density at radius 3 is 2.35 bits per heavy atom. The van der Waals surface area contributed by atoms with Crippen LogP contribution in [0.15, 0.2) is 47.4 Å². The number of nitrogens with one attached hydrogen (secondary N) is 2. The fraction of sp³-hybridized carbons (Fsp3) is 0.250. The SMILES string of the molecule is COc1ccc(-c2nnc(NS(=O)(=O)c3ccc(OC)c(C(=O)NC(C)C)c3)s2)cc1. The number of carbonyl (C=O) groups excluding carboxylic acids is 1. The summed E-state index contributed by atoms with van der Waals surface area (Å²) in [5.41, 5.74) is 0.899. The van der Waals surface area contributed by atoms with Crippen LogP contribution in [0, 0.1) is 0 Å². The molecule has 0 fully saturated rings. The van der Waals surface area contributed by atoms with E-state index in [9.17, 15) is 13.2 Å². The standard InChI is InChI=1S/C20H22N4O5S2/c1-12(2)21-18(25)16-11-15(9-10-17(16)29-4)31(26,27)24-20-23-22-19(30-20)13-5-7-14(28-3)8-6-13/h5-12H,1-4H3,(H,21,25)(H,23,24). The molecule has 0 radical (unpaired) electrons. The smallest absolute Gasteiger partial charge is 0.263 e.